The molecule has 0 aliphatic carbocycles. The SMILES string of the molecule is C=CCOc1ccc(-c2ccc(/C=C/CCCC(C)O)c(F)c2)cc1. The first-order valence-electron chi connectivity index (χ1n) is 8.58. The lowest BCUT2D eigenvalue weighted by Gasteiger charge is -2.07. The molecule has 0 radical (unpaired) electrons. The second kappa shape index (κ2) is 9.80. The maximum absolute atomic E-state index is 14.3. The van der Waals surface area contributed by atoms with Crippen molar-refractivity contribution in [1.82, 2.24) is 0 Å². The van der Waals surface area contributed by atoms with Gasteiger partial charge in [0.2, 0.25) is 0 Å². The van der Waals surface area contributed by atoms with Crippen LogP contribution in [0, 0.1) is 5.82 Å². The molecule has 2 rings (SSSR count). The number of halogens is 1. The molecule has 0 amide bonds. The highest BCUT2D eigenvalue weighted by Crippen LogP contribution is 2.25. The molecular formula is C22H25FO2. The summed E-state index contributed by atoms with van der Waals surface area (Å²) in [4.78, 5) is 0. The van der Waals surface area contributed by atoms with Gasteiger partial charge in [0.15, 0.2) is 0 Å². The fraction of sp³-hybridized carbons (Fsp3) is 0.273. The summed E-state index contributed by atoms with van der Waals surface area (Å²) >= 11 is 0. The van der Waals surface area contributed by atoms with E-state index in [1.165, 1.54) is 0 Å². The molecular weight excluding hydrogens is 315 g/mol. The predicted molar refractivity (Wildman–Crippen MR) is 102 cm³/mol. The standard InChI is InChI=1S/C22H25FO2/c1-3-15-25-21-13-11-18(12-14-21)20-10-9-19(22(23)16-20)8-6-4-5-7-17(2)24/h3,6,8-14,16-17,24H,1,4-5,7,15H2,2H3/b8-6+. The zero-order valence-electron chi connectivity index (χ0n) is 14.6. The molecule has 0 saturated heterocycles. The lowest BCUT2D eigenvalue weighted by atomic mass is 10.0. The van der Waals surface area contributed by atoms with Crippen molar-refractivity contribution in [3.63, 3.8) is 0 Å². The van der Waals surface area contributed by atoms with Crippen molar-refractivity contribution in [3.8, 4) is 16.9 Å². The van der Waals surface area contributed by atoms with Gasteiger partial charge in [-0.3, -0.25) is 0 Å². The van der Waals surface area contributed by atoms with E-state index in [2.05, 4.69) is 6.58 Å². The first-order valence-corrected chi connectivity index (χ1v) is 8.58. The van der Waals surface area contributed by atoms with Crippen molar-refractivity contribution in [3.05, 3.63) is 72.6 Å². The van der Waals surface area contributed by atoms with E-state index in [0.717, 1.165) is 36.1 Å². The van der Waals surface area contributed by atoms with Gasteiger partial charge in [0, 0.05) is 5.56 Å². The van der Waals surface area contributed by atoms with E-state index in [-0.39, 0.29) is 11.9 Å². The molecule has 1 unspecified atom stereocenters. The second-order valence-corrected chi connectivity index (χ2v) is 6.04. The first kappa shape index (κ1) is 18.9. The van der Waals surface area contributed by atoms with Crippen molar-refractivity contribution in [2.24, 2.45) is 0 Å². The monoisotopic (exact) mass is 340 g/mol. The molecule has 0 heterocycles. The molecule has 2 nitrogen and oxygen atoms in total. The lowest BCUT2D eigenvalue weighted by Crippen LogP contribution is -1.97. The van der Waals surface area contributed by atoms with Gasteiger partial charge in [-0.05, 0) is 55.5 Å². The van der Waals surface area contributed by atoms with E-state index in [1.807, 2.05) is 36.4 Å². The topological polar surface area (TPSA) is 29.5 Å². The van der Waals surface area contributed by atoms with E-state index < -0.39 is 0 Å². The zero-order chi connectivity index (χ0) is 18.1. The minimum atomic E-state index is -0.280. The molecule has 0 spiro atoms. The van der Waals surface area contributed by atoms with Crippen molar-refractivity contribution in [1.29, 1.82) is 0 Å². The number of unbranched alkanes of at least 4 members (excludes halogenated alkanes) is 1. The Labute approximate surface area is 149 Å². The molecule has 0 saturated carbocycles. The van der Waals surface area contributed by atoms with Gasteiger partial charge >= 0.3 is 0 Å². The third kappa shape index (κ3) is 6.20. The quantitative estimate of drug-likeness (QED) is 0.474. The summed E-state index contributed by atoms with van der Waals surface area (Å²) in [5.41, 5.74) is 2.35. The smallest absolute Gasteiger partial charge is 0.131 e. The summed E-state index contributed by atoms with van der Waals surface area (Å²) in [6, 6.07) is 12.8. The minimum Gasteiger partial charge on any atom is -0.490 e. The number of ether oxygens (including phenoxy) is 1. The van der Waals surface area contributed by atoms with Crippen LogP contribution < -0.4 is 4.74 Å². The fourth-order valence-electron chi connectivity index (χ4n) is 2.48. The van der Waals surface area contributed by atoms with E-state index >= 15 is 0 Å². The van der Waals surface area contributed by atoms with Crippen molar-refractivity contribution in [2.75, 3.05) is 6.61 Å². The van der Waals surface area contributed by atoms with Crippen LogP contribution in [0.1, 0.15) is 31.7 Å². The maximum atomic E-state index is 14.3. The number of benzene rings is 2. The van der Waals surface area contributed by atoms with Crippen LogP contribution >= 0.6 is 0 Å². The average molecular weight is 340 g/mol. The third-order valence-corrected chi connectivity index (χ3v) is 3.85. The van der Waals surface area contributed by atoms with E-state index in [0.29, 0.717) is 12.2 Å². The summed E-state index contributed by atoms with van der Waals surface area (Å²) < 4.78 is 19.7. The van der Waals surface area contributed by atoms with Crippen LogP contribution in [0.15, 0.2) is 61.2 Å². The molecule has 0 fully saturated rings. The number of hydrogen-bond donors (Lipinski definition) is 1. The Morgan fingerprint density at radius 2 is 1.88 bits per heavy atom. The minimum absolute atomic E-state index is 0.240. The van der Waals surface area contributed by atoms with E-state index in [1.54, 1.807) is 31.2 Å². The van der Waals surface area contributed by atoms with Gasteiger partial charge in [-0.2, -0.15) is 0 Å². The van der Waals surface area contributed by atoms with Gasteiger partial charge < -0.3 is 9.84 Å². The summed E-state index contributed by atoms with van der Waals surface area (Å²) in [6.45, 7) is 5.86. The van der Waals surface area contributed by atoms with Crippen molar-refractivity contribution in [2.45, 2.75) is 32.3 Å². The Morgan fingerprint density at radius 3 is 2.52 bits per heavy atom. The Balaban J connectivity index is 2.00. The molecule has 2 aromatic rings. The molecule has 132 valence electrons. The highest BCUT2D eigenvalue weighted by Gasteiger charge is 2.04. The van der Waals surface area contributed by atoms with E-state index in [4.69, 9.17) is 4.74 Å². The zero-order valence-corrected chi connectivity index (χ0v) is 14.6. The van der Waals surface area contributed by atoms with Crippen LogP contribution in [-0.2, 0) is 0 Å². The van der Waals surface area contributed by atoms with Gasteiger partial charge in [0.1, 0.15) is 18.2 Å². The second-order valence-electron chi connectivity index (χ2n) is 6.04. The number of aliphatic hydroxyl groups is 1. The van der Waals surface area contributed by atoms with Gasteiger partial charge in [0.05, 0.1) is 6.10 Å². The summed E-state index contributed by atoms with van der Waals surface area (Å²) in [5, 5.41) is 9.22. The van der Waals surface area contributed by atoms with Crippen molar-refractivity contribution >= 4 is 6.08 Å². The fourth-order valence-corrected chi connectivity index (χ4v) is 2.48. The average Bonchev–Trinajstić information content (AvgIpc) is 2.61. The molecule has 0 aliphatic rings. The molecule has 2 aromatic carbocycles. The predicted octanol–water partition coefficient (Wildman–Crippen LogP) is 5.62. The Morgan fingerprint density at radius 1 is 1.16 bits per heavy atom. The van der Waals surface area contributed by atoms with Crippen LogP contribution in [0.25, 0.3) is 17.2 Å². The number of rotatable bonds is 9. The van der Waals surface area contributed by atoms with Crippen LogP contribution in [0.2, 0.25) is 0 Å². The largest absolute Gasteiger partial charge is 0.490 e. The highest BCUT2D eigenvalue weighted by atomic mass is 19.1. The Hall–Kier alpha value is -2.39. The molecule has 0 bridgehead atoms. The molecule has 1 N–H and O–H groups in total. The maximum Gasteiger partial charge on any atom is 0.131 e. The van der Waals surface area contributed by atoms with Gasteiger partial charge in [0.25, 0.3) is 0 Å². The summed E-state index contributed by atoms with van der Waals surface area (Å²) in [6.07, 6.45) is 7.66. The van der Waals surface area contributed by atoms with Crippen LogP contribution in [0.3, 0.4) is 0 Å². The Bertz CT molecular complexity index is 702. The molecule has 0 aromatic heterocycles. The number of hydrogen-bond acceptors (Lipinski definition) is 2. The van der Waals surface area contributed by atoms with Crippen LogP contribution in [0.5, 0.6) is 5.75 Å². The van der Waals surface area contributed by atoms with Crippen LogP contribution in [0.4, 0.5) is 4.39 Å². The molecule has 1 atom stereocenters. The summed E-state index contributed by atoms with van der Waals surface area (Å²) in [5.74, 6) is 0.525. The first-order chi connectivity index (χ1) is 12.1. The van der Waals surface area contributed by atoms with E-state index in [9.17, 15) is 9.50 Å². The van der Waals surface area contributed by atoms with Gasteiger partial charge in [-0.25, -0.2) is 4.39 Å². The van der Waals surface area contributed by atoms with Gasteiger partial charge in [-0.1, -0.05) is 49.1 Å². The number of allylic oxidation sites excluding steroid dienone is 1. The Kier molecular flexibility index (Phi) is 7.42. The molecule has 3 heteroatoms. The number of aliphatic hydroxyl groups excluding tert-OH is 1. The summed E-state index contributed by atoms with van der Waals surface area (Å²) in [7, 11) is 0. The highest BCUT2D eigenvalue weighted by molar-refractivity contribution is 5.66. The lowest BCUT2D eigenvalue weighted by molar-refractivity contribution is 0.182. The molecule has 0 aliphatic heterocycles. The van der Waals surface area contributed by atoms with Crippen molar-refractivity contribution < 1.29 is 14.2 Å². The molecule has 25 heavy (non-hydrogen) atoms. The van der Waals surface area contributed by atoms with Gasteiger partial charge in [-0.15, -0.1) is 0 Å². The third-order valence-electron chi connectivity index (χ3n) is 3.85. The normalized spacial score (nSPS) is 12.3. The van der Waals surface area contributed by atoms with Crippen LogP contribution in [-0.4, -0.2) is 17.8 Å².